The molecule has 0 saturated carbocycles. The van der Waals surface area contributed by atoms with Gasteiger partial charge in [-0.3, -0.25) is 0 Å². The van der Waals surface area contributed by atoms with Crippen LogP contribution in [0.5, 0.6) is 0 Å². The summed E-state index contributed by atoms with van der Waals surface area (Å²) in [7, 11) is 0. The zero-order valence-electron chi connectivity index (χ0n) is 12.4. The SMILES string of the molecule is Cc1ncc(CCCCCCNCc2ccccc2)[nH]1. The van der Waals surface area contributed by atoms with E-state index in [0.717, 1.165) is 25.3 Å². The molecule has 3 nitrogen and oxygen atoms in total. The van der Waals surface area contributed by atoms with Crippen LogP contribution >= 0.6 is 0 Å². The Balaban J connectivity index is 1.44. The van der Waals surface area contributed by atoms with Crippen LogP contribution in [-0.2, 0) is 13.0 Å². The highest BCUT2D eigenvalue weighted by Crippen LogP contribution is 2.06. The zero-order valence-corrected chi connectivity index (χ0v) is 12.4. The molecule has 1 aromatic carbocycles. The van der Waals surface area contributed by atoms with Gasteiger partial charge in [0.05, 0.1) is 0 Å². The van der Waals surface area contributed by atoms with Gasteiger partial charge in [0.2, 0.25) is 0 Å². The van der Waals surface area contributed by atoms with Crippen molar-refractivity contribution in [3.05, 3.63) is 53.6 Å². The lowest BCUT2D eigenvalue weighted by Gasteiger charge is -2.04. The topological polar surface area (TPSA) is 40.7 Å². The summed E-state index contributed by atoms with van der Waals surface area (Å²) in [5.41, 5.74) is 2.63. The molecule has 3 heteroatoms. The number of unbranched alkanes of at least 4 members (excludes halogenated alkanes) is 3. The number of H-pyrrole nitrogens is 1. The normalized spacial score (nSPS) is 10.8. The summed E-state index contributed by atoms with van der Waals surface area (Å²) >= 11 is 0. The Morgan fingerprint density at radius 3 is 2.60 bits per heavy atom. The molecule has 0 aliphatic rings. The zero-order chi connectivity index (χ0) is 14.0. The Morgan fingerprint density at radius 1 is 1.05 bits per heavy atom. The van der Waals surface area contributed by atoms with Gasteiger partial charge in [0.1, 0.15) is 5.82 Å². The van der Waals surface area contributed by atoms with Gasteiger partial charge >= 0.3 is 0 Å². The van der Waals surface area contributed by atoms with Crippen LogP contribution in [0.3, 0.4) is 0 Å². The molecule has 20 heavy (non-hydrogen) atoms. The number of aromatic amines is 1. The van der Waals surface area contributed by atoms with Gasteiger partial charge in [0.15, 0.2) is 0 Å². The second kappa shape index (κ2) is 8.54. The van der Waals surface area contributed by atoms with E-state index in [0.29, 0.717) is 0 Å². The first-order chi connectivity index (χ1) is 9.84. The van der Waals surface area contributed by atoms with E-state index in [-0.39, 0.29) is 0 Å². The summed E-state index contributed by atoms with van der Waals surface area (Å²) in [5, 5.41) is 3.50. The van der Waals surface area contributed by atoms with Gasteiger partial charge in [-0.15, -0.1) is 0 Å². The first-order valence-corrected chi connectivity index (χ1v) is 7.60. The second-order valence-corrected chi connectivity index (χ2v) is 5.32. The van der Waals surface area contributed by atoms with Gasteiger partial charge in [0, 0.05) is 18.4 Å². The Labute approximate surface area is 121 Å². The number of rotatable bonds is 9. The summed E-state index contributed by atoms with van der Waals surface area (Å²) in [5.74, 6) is 1.02. The van der Waals surface area contributed by atoms with Crippen LogP contribution < -0.4 is 5.32 Å². The predicted octanol–water partition coefficient (Wildman–Crippen LogP) is 3.61. The average Bonchev–Trinajstić information content (AvgIpc) is 2.88. The fourth-order valence-electron chi connectivity index (χ4n) is 2.35. The van der Waals surface area contributed by atoms with Gasteiger partial charge in [-0.25, -0.2) is 4.98 Å². The van der Waals surface area contributed by atoms with Crippen molar-refractivity contribution in [1.29, 1.82) is 0 Å². The quantitative estimate of drug-likeness (QED) is 0.684. The molecule has 0 radical (unpaired) electrons. The molecule has 1 aromatic heterocycles. The van der Waals surface area contributed by atoms with E-state index < -0.39 is 0 Å². The van der Waals surface area contributed by atoms with E-state index in [1.54, 1.807) is 0 Å². The van der Waals surface area contributed by atoms with Gasteiger partial charge in [-0.2, -0.15) is 0 Å². The Hall–Kier alpha value is -1.61. The van der Waals surface area contributed by atoms with E-state index >= 15 is 0 Å². The van der Waals surface area contributed by atoms with E-state index in [2.05, 4.69) is 45.6 Å². The number of imidazole rings is 1. The minimum Gasteiger partial charge on any atom is -0.346 e. The highest BCUT2D eigenvalue weighted by atomic mass is 14.9. The number of hydrogen-bond acceptors (Lipinski definition) is 2. The molecule has 2 aromatic rings. The molecule has 1 heterocycles. The molecule has 0 amide bonds. The number of aryl methyl sites for hydroxylation is 2. The van der Waals surface area contributed by atoms with Crippen LogP contribution in [0.15, 0.2) is 36.5 Å². The predicted molar refractivity (Wildman–Crippen MR) is 83.6 cm³/mol. The second-order valence-electron chi connectivity index (χ2n) is 5.32. The molecule has 108 valence electrons. The van der Waals surface area contributed by atoms with Gasteiger partial charge in [-0.1, -0.05) is 43.2 Å². The van der Waals surface area contributed by atoms with Gasteiger partial charge < -0.3 is 10.3 Å². The summed E-state index contributed by atoms with van der Waals surface area (Å²) in [4.78, 5) is 7.50. The molecule has 0 bridgehead atoms. The van der Waals surface area contributed by atoms with Crippen molar-refractivity contribution in [2.24, 2.45) is 0 Å². The van der Waals surface area contributed by atoms with Gasteiger partial charge in [0.25, 0.3) is 0 Å². The summed E-state index contributed by atoms with van der Waals surface area (Å²) in [6.45, 7) is 4.09. The summed E-state index contributed by atoms with van der Waals surface area (Å²) in [6, 6.07) is 10.6. The molecule has 0 aliphatic heterocycles. The molecule has 0 atom stereocenters. The average molecular weight is 271 g/mol. The van der Waals surface area contributed by atoms with Crippen molar-refractivity contribution in [1.82, 2.24) is 15.3 Å². The smallest absolute Gasteiger partial charge is 0.103 e. The van der Waals surface area contributed by atoms with Crippen LogP contribution in [0.2, 0.25) is 0 Å². The number of nitrogens with zero attached hydrogens (tertiary/aromatic N) is 1. The fraction of sp³-hybridized carbons (Fsp3) is 0.471. The maximum Gasteiger partial charge on any atom is 0.103 e. The van der Waals surface area contributed by atoms with Crippen molar-refractivity contribution in [2.45, 2.75) is 45.6 Å². The van der Waals surface area contributed by atoms with Crippen molar-refractivity contribution < 1.29 is 0 Å². The van der Waals surface area contributed by atoms with Crippen LogP contribution in [0.25, 0.3) is 0 Å². The minimum atomic E-state index is 0.980. The monoisotopic (exact) mass is 271 g/mol. The largest absolute Gasteiger partial charge is 0.346 e. The molecule has 0 spiro atoms. The van der Waals surface area contributed by atoms with E-state index in [1.165, 1.54) is 36.9 Å². The molecule has 0 unspecified atom stereocenters. The Kier molecular flexibility index (Phi) is 6.32. The standard InChI is InChI=1S/C17H25N3/c1-15-19-14-17(20-15)11-7-2-3-8-12-18-13-16-9-5-4-6-10-16/h4-6,9-10,14,18H,2-3,7-8,11-13H2,1H3,(H,19,20). The van der Waals surface area contributed by atoms with Gasteiger partial charge in [-0.05, 0) is 38.3 Å². The lowest BCUT2D eigenvalue weighted by atomic mass is 10.1. The molecule has 0 fully saturated rings. The summed E-state index contributed by atoms with van der Waals surface area (Å²) in [6.07, 6.45) is 8.18. The third-order valence-corrected chi connectivity index (χ3v) is 3.48. The lowest BCUT2D eigenvalue weighted by Crippen LogP contribution is -2.14. The van der Waals surface area contributed by atoms with E-state index in [4.69, 9.17) is 0 Å². The molecule has 0 saturated heterocycles. The molecular weight excluding hydrogens is 246 g/mol. The highest BCUT2D eigenvalue weighted by Gasteiger charge is 1.97. The van der Waals surface area contributed by atoms with Crippen LogP contribution in [-0.4, -0.2) is 16.5 Å². The highest BCUT2D eigenvalue weighted by molar-refractivity contribution is 5.14. The van der Waals surface area contributed by atoms with Crippen molar-refractivity contribution >= 4 is 0 Å². The van der Waals surface area contributed by atoms with Crippen molar-refractivity contribution in [3.63, 3.8) is 0 Å². The van der Waals surface area contributed by atoms with Crippen LogP contribution in [0.4, 0.5) is 0 Å². The first-order valence-electron chi connectivity index (χ1n) is 7.60. The third-order valence-electron chi connectivity index (χ3n) is 3.48. The summed E-state index contributed by atoms with van der Waals surface area (Å²) < 4.78 is 0. The van der Waals surface area contributed by atoms with Crippen molar-refractivity contribution in [2.75, 3.05) is 6.54 Å². The molecule has 0 aliphatic carbocycles. The van der Waals surface area contributed by atoms with E-state index in [1.807, 2.05) is 13.1 Å². The molecule has 2 rings (SSSR count). The number of nitrogens with one attached hydrogen (secondary N) is 2. The maximum atomic E-state index is 4.22. The fourth-order valence-corrected chi connectivity index (χ4v) is 2.35. The lowest BCUT2D eigenvalue weighted by molar-refractivity contribution is 0.585. The number of aromatic nitrogens is 2. The number of benzene rings is 1. The minimum absolute atomic E-state index is 0.980. The van der Waals surface area contributed by atoms with E-state index in [9.17, 15) is 0 Å². The number of hydrogen-bond donors (Lipinski definition) is 2. The molecule has 2 N–H and O–H groups in total. The Bertz CT molecular complexity index is 476. The maximum absolute atomic E-state index is 4.22. The molecular formula is C17H25N3. The van der Waals surface area contributed by atoms with Crippen LogP contribution in [0.1, 0.15) is 42.8 Å². The first kappa shape index (κ1) is 14.8. The Morgan fingerprint density at radius 2 is 1.85 bits per heavy atom. The van der Waals surface area contributed by atoms with Crippen LogP contribution in [0, 0.1) is 6.92 Å². The third kappa shape index (κ3) is 5.57. The van der Waals surface area contributed by atoms with Crippen molar-refractivity contribution in [3.8, 4) is 0 Å².